The summed E-state index contributed by atoms with van der Waals surface area (Å²) in [4.78, 5) is 12.6. The molecule has 84 valence electrons. The SMILES string of the molecule is C#CCCCNC1CCN(C(N)=O)CC1. The van der Waals surface area contributed by atoms with E-state index < -0.39 is 0 Å². The van der Waals surface area contributed by atoms with Crippen LogP contribution < -0.4 is 11.1 Å². The van der Waals surface area contributed by atoms with Gasteiger partial charge in [-0.15, -0.1) is 12.3 Å². The molecule has 0 atom stereocenters. The third-order valence-electron chi connectivity index (χ3n) is 2.74. The number of urea groups is 1. The number of terminal acetylenes is 1. The van der Waals surface area contributed by atoms with Gasteiger partial charge >= 0.3 is 6.03 Å². The van der Waals surface area contributed by atoms with E-state index in [0.717, 1.165) is 45.3 Å². The lowest BCUT2D eigenvalue weighted by Crippen LogP contribution is -2.46. The van der Waals surface area contributed by atoms with E-state index in [-0.39, 0.29) is 6.03 Å². The van der Waals surface area contributed by atoms with Gasteiger partial charge in [-0.3, -0.25) is 0 Å². The van der Waals surface area contributed by atoms with Crippen molar-refractivity contribution in [3.05, 3.63) is 0 Å². The number of piperidine rings is 1. The van der Waals surface area contributed by atoms with Gasteiger partial charge in [-0.1, -0.05) is 0 Å². The van der Waals surface area contributed by atoms with Crippen molar-refractivity contribution in [2.24, 2.45) is 5.73 Å². The van der Waals surface area contributed by atoms with Crippen LogP contribution in [0.25, 0.3) is 0 Å². The summed E-state index contributed by atoms with van der Waals surface area (Å²) in [5.74, 6) is 2.62. The second-order valence-corrected chi connectivity index (χ2v) is 3.86. The van der Waals surface area contributed by atoms with Crippen molar-refractivity contribution in [3.63, 3.8) is 0 Å². The maximum absolute atomic E-state index is 10.9. The summed E-state index contributed by atoms with van der Waals surface area (Å²) in [5, 5.41) is 3.44. The van der Waals surface area contributed by atoms with Crippen LogP contribution >= 0.6 is 0 Å². The Morgan fingerprint density at radius 2 is 2.20 bits per heavy atom. The first-order valence-corrected chi connectivity index (χ1v) is 5.45. The number of amides is 2. The molecule has 4 heteroatoms. The van der Waals surface area contributed by atoms with Crippen molar-refractivity contribution in [2.45, 2.75) is 31.7 Å². The number of nitrogens with one attached hydrogen (secondary N) is 1. The van der Waals surface area contributed by atoms with Gasteiger partial charge in [0.15, 0.2) is 0 Å². The number of carbonyl (C=O) groups excluding carboxylic acids is 1. The fourth-order valence-corrected chi connectivity index (χ4v) is 1.80. The summed E-state index contributed by atoms with van der Waals surface area (Å²) < 4.78 is 0. The number of hydrogen-bond donors (Lipinski definition) is 2. The number of primary amides is 1. The highest BCUT2D eigenvalue weighted by Gasteiger charge is 2.20. The second-order valence-electron chi connectivity index (χ2n) is 3.86. The van der Waals surface area contributed by atoms with Crippen molar-refractivity contribution in [1.82, 2.24) is 10.2 Å². The van der Waals surface area contributed by atoms with Crippen molar-refractivity contribution in [3.8, 4) is 12.3 Å². The van der Waals surface area contributed by atoms with Crippen molar-refractivity contribution in [1.29, 1.82) is 0 Å². The highest BCUT2D eigenvalue weighted by Crippen LogP contribution is 2.09. The first-order chi connectivity index (χ1) is 7.24. The minimum absolute atomic E-state index is 0.305. The monoisotopic (exact) mass is 209 g/mol. The Balaban J connectivity index is 2.10. The highest BCUT2D eigenvalue weighted by atomic mass is 16.2. The average molecular weight is 209 g/mol. The number of carbonyl (C=O) groups is 1. The first kappa shape index (κ1) is 11.9. The molecule has 0 unspecified atom stereocenters. The zero-order chi connectivity index (χ0) is 11.1. The van der Waals surface area contributed by atoms with Gasteiger partial charge in [0.2, 0.25) is 0 Å². The van der Waals surface area contributed by atoms with Crippen molar-refractivity contribution in [2.75, 3.05) is 19.6 Å². The summed E-state index contributed by atoms with van der Waals surface area (Å²) in [6, 6.07) is 0.208. The summed E-state index contributed by atoms with van der Waals surface area (Å²) in [5.41, 5.74) is 5.20. The van der Waals surface area contributed by atoms with Gasteiger partial charge in [0.1, 0.15) is 0 Å². The molecule has 4 nitrogen and oxygen atoms in total. The molecular formula is C11H19N3O. The zero-order valence-electron chi connectivity index (χ0n) is 9.04. The molecule has 1 aliphatic rings. The fraction of sp³-hybridized carbons (Fsp3) is 0.727. The lowest BCUT2D eigenvalue weighted by atomic mass is 10.1. The van der Waals surface area contributed by atoms with E-state index in [2.05, 4.69) is 11.2 Å². The molecule has 1 rings (SSSR count). The molecule has 1 aliphatic heterocycles. The minimum atomic E-state index is -0.305. The predicted molar refractivity (Wildman–Crippen MR) is 60.2 cm³/mol. The molecular weight excluding hydrogens is 190 g/mol. The van der Waals surface area contributed by atoms with Crippen LogP contribution in [0, 0.1) is 12.3 Å². The van der Waals surface area contributed by atoms with E-state index in [0.29, 0.717) is 6.04 Å². The Labute approximate surface area is 91.2 Å². The Morgan fingerprint density at radius 1 is 1.53 bits per heavy atom. The smallest absolute Gasteiger partial charge is 0.314 e. The molecule has 2 amide bonds. The van der Waals surface area contributed by atoms with Gasteiger partial charge < -0.3 is 16.0 Å². The third-order valence-corrected chi connectivity index (χ3v) is 2.74. The average Bonchev–Trinajstić information content (AvgIpc) is 2.25. The first-order valence-electron chi connectivity index (χ1n) is 5.45. The van der Waals surface area contributed by atoms with Crippen LogP contribution in [0.5, 0.6) is 0 Å². The lowest BCUT2D eigenvalue weighted by molar-refractivity contribution is 0.185. The van der Waals surface area contributed by atoms with Crippen molar-refractivity contribution < 1.29 is 4.79 Å². The van der Waals surface area contributed by atoms with Crippen LogP contribution in [0.4, 0.5) is 4.79 Å². The normalized spacial score (nSPS) is 17.4. The third kappa shape index (κ3) is 4.22. The number of hydrogen-bond acceptors (Lipinski definition) is 2. The lowest BCUT2D eigenvalue weighted by Gasteiger charge is -2.31. The number of unbranched alkanes of at least 4 members (excludes halogenated alkanes) is 1. The molecule has 1 fully saturated rings. The molecule has 1 heterocycles. The maximum atomic E-state index is 10.9. The van der Waals surface area contributed by atoms with Crippen LogP contribution in [-0.4, -0.2) is 36.6 Å². The molecule has 0 spiro atoms. The largest absolute Gasteiger partial charge is 0.351 e. The van der Waals surface area contributed by atoms with Crippen LogP contribution in [0.1, 0.15) is 25.7 Å². The van der Waals surface area contributed by atoms with Crippen LogP contribution in [-0.2, 0) is 0 Å². The minimum Gasteiger partial charge on any atom is -0.351 e. The standard InChI is InChI=1S/C11H19N3O/c1-2-3-4-7-13-10-5-8-14(9-6-10)11(12)15/h1,10,13H,3-9H2,(H2,12,15). The predicted octanol–water partition coefficient (Wildman–Crippen LogP) is 0.532. The van der Waals surface area contributed by atoms with Gasteiger partial charge in [-0.25, -0.2) is 4.79 Å². The Bertz CT molecular complexity index is 239. The second kappa shape index (κ2) is 6.31. The molecule has 0 aromatic carbocycles. The summed E-state index contributed by atoms with van der Waals surface area (Å²) in [6.45, 7) is 2.50. The van der Waals surface area contributed by atoms with Crippen molar-refractivity contribution >= 4 is 6.03 Å². The van der Waals surface area contributed by atoms with E-state index in [1.807, 2.05) is 0 Å². The van der Waals surface area contributed by atoms with Gasteiger partial charge in [0.05, 0.1) is 0 Å². The number of likely N-dealkylation sites (tertiary alicyclic amines) is 1. The summed E-state index contributed by atoms with van der Waals surface area (Å²) in [7, 11) is 0. The quantitative estimate of drug-likeness (QED) is 0.524. The van der Waals surface area contributed by atoms with Crippen LogP contribution in [0.3, 0.4) is 0 Å². The molecule has 0 bridgehead atoms. The maximum Gasteiger partial charge on any atom is 0.314 e. The molecule has 1 saturated heterocycles. The van der Waals surface area contributed by atoms with E-state index in [1.165, 1.54) is 0 Å². The van der Waals surface area contributed by atoms with Gasteiger partial charge in [0, 0.05) is 25.6 Å². The van der Waals surface area contributed by atoms with E-state index >= 15 is 0 Å². The van der Waals surface area contributed by atoms with Crippen LogP contribution in [0.2, 0.25) is 0 Å². The molecule has 0 saturated carbocycles. The molecule has 15 heavy (non-hydrogen) atoms. The van der Waals surface area contributed by atoms with E-state index in [9.17, 15) is 4.79 Å². The molecule has 3 N–H and O–H groups in total. The molecule has 0 aromatic rings. The zero-order valence-corrected chi connectivity index (χ0v) is 9.04. The van der Waals surface area contributed by atoms with Crippen LogP contribution in [0.15, 0.2) is 0 Å². The number of nitrogens with two attached hydrogens (primary N) is 1. The highest BCUT2D eigenvalue weighted by molar-refractivity contribution is 5.72. The number of nitrogens with zero attached hydrogens (tertiary/aromatic N) is 1. The fourth-order valence-electron chi connectivity index (χ4n) is 1.80. The van der Waals surface area contributed by atoms with E-state index in [1.54, 1.807) is 4.90 Å². The Morgan fingerprint density at radius 3 is 2.73 bits per heavy atom. The Kier molecular flexibility index (Phi) is 4.99. The summed E-state index contributed by atoms with van der Waals surface area (Å²) in [6.07, 6.45) is 8.98. The van der Waals surface area contributed by atoms with Gasteiger partial charge in [0.25, 0.3) is 0 Å². The molecule has 0 aromatic heterocycles. The van der Waals surface area contributed by atoms with Gasteiger partial charge in [-0.05, 0) is 25.8 Å². The number of rotatable bonds is 4. The Hall–Kier alpha value is -1.21. The molecule has 0 aliphatic carbocycles. The van der Waals surface area contributed by atoms with Gasteiger partial charge in [-0.2, -0.15) is 0 Å². The molecule has 0 radical (unpaired) electrons. The summed E-state index contributed by atoms with van der Waals surface area (Å²) >= 11 is 0. The van der Waals surface area contributed by atoms with E-state index in [4.69, 9.17) is 12.2 Å². The topological polar surface area (TPSA) is 58.4 Å².